The summed E-state index contributed by atoms with van der Waals surface area (Å²) in [5.41, 5.74) is 1.70. The van der Waals surface area contributed by atoms with Crippen molar-refractivity contribution in [2.45, 2.75) is 19.1 Å². The standard InChI is InChI=1S/C12H12BrNO2/c1-8(15-6-10-7-16-10)11-3-2-9(5-14)4-12(11)13/h2-4,8,10H,6-7H2,1H3/t8-,10+/m1/s1. The highest BCUT2D eigenvalue weighted by atomic mass is 79.9. The zero-order valence-electron chi connectivity index (χ0n) is 8.94. The number of rotatable bonds is 4. The topological polar surface area (TPSA) is 45.5 Å². The van der Waals surface area contributed by atoms with Crippen molar-refractivity contribution in [2.24, 2.45) is 0 Å². The van der Waals surface area contributed by atoms with Crippen LogP contribution in [-0.4, -0.2) is 19.3 Å². The minimum Gasteiger partial charge on any atom is -0.371 e. The van der Waals surface area contributed by atoms with Crippen molar-refractivity contribution in [3.63, 3.8) is 0 Å². The van der Waals surface area contributed by atoms with Crippen LogP contribution in [0.25, 0.3) is 0 Å². The summed E-state index contributed by atoms with van der Waals surface area (Å²) in [4.78, 5) is 0. The molecule has 2 rings (SSSR count). The first kappa shape index (κ1) is 11.6. The molecule has 0 N–H and O–H groups in total. The number of ether oxygens (including phenoxy) is 2. The lowest BCUT2D eigenvalue weighted by molar-refractivity contribution is 0.0535. The zero-order chi connectivity index (χ0) is 11.5. The third-order valence-electron chi connectivity index (χ3n) is 2.50. The van der Waals surface area contributed by atoms with Crippen LogP contribution in [0.3, 0.4) is 0 Å². The lowest BCUT2D eigenvalue weighted by atomic mass is 10.1. The summed E-state index contributed by atoms with van der Waals surface area (Å²) < 4.78 is 11.7. The molecular weight excluding hydrogens is 270 g/mol. The summed E-state index contributed by atoms with van der Waals surface area (Å²) in [6.45, 7) is 3.43. The van der Waals surface area contributed by atoms with Crippen LogP contribution in [0.5, 0.6) is 0 Å². The van der Waals surface area contributed by atoms with E-state index in [1.54, 1.807) is 6.07 Å². The molecule has 0 amide bonds. The van der Waals surface area contributed by atoms with Gasteiger partial charge in [0.25, 0.3) is 0 Å². The molecule has 0 aliphatic carbocycles. The molecule has 1 aliphatic heterocycles. The lowest BCUT2D eigenvalue weighted by Crippen LogP contribution is -2.06. The van der Waals surface area contributed by atoms with E-state index in [1.807, 2.05) is 19.1 Å². The Morgan fingerprint density at radius 1 is 1.69 bits per heavy atom. The molecule has 16 heavy (non-hydrogen) atoms. The smallest absolute Gasteiger partial charge is 0.104 e. The van der Waals surface area contributed by atoms with Crippen molar-refractivity contribution in [2.75, 3.05) is 13.2 Å². The summed E-state index contributed by atoms with van der Waals surface area (Å²) in [6.07, 6.45) is 0.283. The molecule has 84 valence electrons. The Bertz CT molecular complexity index is 424. The van der Waals surface area contributed by atoms with Crippen LogP contribution in [0, 0.1) is 11.3 Å². The molecule has 0 bridgehead atoms. The van der Waals surface area contributed by atoms with Crippen molar-refractivity contribution >= 4 is 15.9 Å². The molecule has 0 aromatic heterocycles. The van der Waals surface area contributed by atoms with Gasteiger partial charge in [0.2, 0.25) is 0 Å². The number of hydrogen-bond donors (Lipinski definition) is 0. The molecular formula is C12H12BrNO2. The predicted octanol–water partition coefficient (Wildman–Crippen LogP) is 2.80. The zero-order valence-corrected chi connectivity index (χ0v) is 10.5. The average Bonchev–Trinajstić information content (AvgIpc) is 3.09. The molecule has 3 nitrogen and oxygen atoms in total. The highest BCUT2D eigenvalue weighted by Crippen LogP contribution is 2.27. The third kappa shape index (κ3) is 2.82. The number of nitriles is 1. The van der Waals surface area contributed by atoms with Gasteiger partial charge in [0.15, 0.2) is 0 Å². The van der Waals surface area contributed by atoms with Crippen LogP contribution in [0.1, 0.15) is 24.2 Å². The molecule has 1 heterocycles. The fraction of sp³-hybridized carbons (Fsp3) is 0.417. The summed E-state index contributed by atoms with van der Waals surface area (Å²) in [6, 6.07) is 7.63. The van der Waals surface area contributed by atoms with Gasteiger partial charge >= 0.3 is 0 Å². The lowest BCUT2D eigenvalue weighted by Gasteiger charge is -2.14. The van der Waals surface area contributed by atoms with Crippen LogP contribution in [0.15, 0.2) is 22.7 Å². The highest BCUT2D eigenvalue weighted by molar-refractivity contribution is 9.10. The molecule has 0 spiro atoms. The maximum atomic E-state index is 8.76. The number of halogens is 1. The van der Waals surface area contributed by atoms with Gasteiger partial charge in [-0.1, -0.05) is 22.0 Å². The Morgan fingerprint density at radius 2 is 2.44 bits per heavy atom. The Kier molecular flexibility index (Phi) is 3.59. The van der Waals surface area contributed by atoms with E-state index in [0.717, 1.165) is 16.6 Å². The molecule has 0 saturated carbocycles. The first-order valence-corrected chi connectivity index (χ1v) is 5.92. The predicted molar refractivity (Wildman–Crippen MR) is 63.0 cm³/mol. The van der Waals surface area contributed by atoms with Crippen molar-refractivity contribution in [1.29, 1.82) is 5.26 Å². The first-order chi connectivity index (χ1) is 7.70. The minimum absolute atomic E-state index is 0.00585. The maximum Gasteiger partial charge on any atom is 0.104 e. The van der Waals surface area contributed by atoms with Gasteiger partial charge in [-0.15, -0.1) is 0 Å². The van der Waals surface area contributed by atoms with Gasteiger partial charge in [0.05, 0.1) is 31.0 Å². The summed E-state index contributed by atoms with van der Waals surface area (Å²) >= 11 is 3.45. The molecule has 1 aromatic rings. The molecule has 2 atom stereocenters. The monoisotopic (exact) mass is 281 g/mol. The van der Waals surface area contributed by atoms with E-state index in [1.165, 1.54) is 0 Å². The molecule has 0 radical (unpaired) electrons. The van der Waals surface area contributed by atoms with E-state index in [0.29, 0.717) is 12.2 Å². The van der Waals surface area contributed by atoms with Gasteiger partial charge < -0.3 is 9.47 Å². The maximum absolute atomic E-state index is 8.76. The second kappa shape index (κ2) is 4.96. The van der Waals surface area contributed by atoms with E-state index in [-0.39, 0.29) is 12.2 Å². The number of hydrogen-bond acceptors (Lipinski definition) is 3. The van der Waals surface area contributed by atoms with Gasteiger partial charge in [0.1, 0.15) is 6.10 Å². The second-order valence-electron chi connectivity index (χ2n) is 3.78. The van der Waals surface area contributed by atoms with Gasteiger partial charge in [-0.2, -0.15) is 5.26 Å². The van der Waals surface area contributed by atoms with Gasteiger partial charge in [-0.05, 0) is 24.6 Å². The van der Waals surface area contributed by atoms with Gasteiger partial charge in [0, 0.05) is 4.47 Å². The fourth-order valence-corrected chi connectivity index (χ4v) is 2.13. The Balaban J connectivity index is 2.03. The van der Waals surface area contributed by atoms with Gasteiger partial charge in [-0.3, -0.25) is 0 Å². The van der Waals surface area contributed by atoms with Crippen LogP contribution in [-0.2, 0) is 9.47 Å². The summed E-state index contributed by atoms with van der Waals surface area (Å²) in [5.74, 6) is 0. The van der Waals surface area contributed by atoms with E-state index in [4.69, 9.17) is 14.7 Å². The molecule has 0 unspecified atom stereocenters. The average molecular weight is 282 g/mol. The Morgan fingerprint density at radius 3 is 3.00 bits per heavy atom. The molecule has 4 heteroatoms. The minimum atomic E-state index is 0.00585. The molecule has 1 saturated heterocycles. The Labute approximate surface area is 103 Å². The molecule has 1 aliphatic rings. The van der Waals surface area contributed by atoms with Crippen LogP contribution in [0.4, 0.5) is 0 Å². The summed E-state index contributed by atoms with van der Waals surface area (Å²) in [7, 11) is 0. The van der Waals surface area contributed by atoms with E-state index in [2.05, 4.69) is 22.0 Å². The third-order valence-corrected chi connectivity index (χ3v) is 3.19. The largest absolute Gasteiger partial charge is 0.371 e. The van der Waals surface area contributed by atoms with Crippen LogP contribution in [0.2, 0.25) is 0 Å². The van der Waals surface area contributed by atoms with E-state index in [9.17, 15) is 0 Å². The quantitative estimate of drug-likeness (QED) is 0.798. The number of epoxide rings is 1. The van der Waals surface area contributed by atoms with Crippen molar-refractivity contribution < 1.29 is 9.47 Å². The van der Waals surface area contributed by atoms with Crippen LogP contribution < -0.4 is 0 Å². The number of benzene rings is 1. The summed E-state index contributed by atoms with van der Waals surface area (Å²) in [5, 5.41) is 8.76. The highest BCUT2D eigenvalue weighted by Gasteiger charge is 2.24. The normalized spacial score (nSPS) is 20.2. The molecule has 1 aromatic carbocycles. The first-order valence-electron chi connectivity index (χ1n) is 5.13. The van der Waals surface area contributed by atoms with Crippen molar-refractivity contribution in [1.82, 2.24) is 0 Å². The SMILES string of the molecule is C[C@@H](OC[C@H]1CO1)c1ccc(C#N)cc1Br. The second-order valence-corrected chi connectivity index (χ2v) is 4.63. The van der Waals surface area contributed by atoms with E-state index >= 15 is 0 Å². The van der Waals surface area contributed by atoms with E-state index < -0.39 is 0 Å². The number of nitrogens with zero attached hydrogens (tertiary/aromatic N) is 1. The van der Waals surface area contributed by atoms with Gasteiger partial charge in [-0.25, -0.2) is 0 Å². The fourth-order valence-electron chi connectivity index (χ4n) is 1.43. The van der Waals surface area contributed by atoms with Crippen LogP contribution >= 0.6 is 15.9 Å². The van der Waals surface area contributed by atoms with Crippen molar-refractivity contribution in [3.8, 4) is 6.07 Å². The Hall–Kier alpha value is -0.890. The molecule has 1 fully saturated rings. The van der Waals surface area contributed by atoms with Crippen molar-refractivity contribution in [3.05, 3.63) is 33.8 Å².